The first-order valence-electron chi connectivity index (χ1n) is 8.04. The molecule has 0 radical (unpaired) electrons. The molecule has 0 aliphatic heterocycles. The van der Waals surface area contributed by atoms with Crippen molar-refractivity contribution in [1.29, 1.82) is 0 Å². The monoisotopic (exact) mass is 302 g/mol. The van der Waals surface area contributed by atoms with Gasteiger partial charge in [0.2, 0.25) is 0 Å². The van der Waals surface area contributed by atoms with Crippen LogP contribution in [0, 0.1) is 0 Å². The standard InChI is InChI=1S/C19H26OS/c1-3-4-5-6-7-8-9-16-10-11-19(20-2)18(14-16)17-12-13-21-15-17/h10-15H,3-9H2,1-2H3. The van der Waals surface area contributed by atoms with E-state index in [1.807, 2.05) is 0 Å². The lowest BCUT2D eigenvalue weighted by Crippen LogP contribution is -1.91. The Balaban J connectivity index is 1.94. The third-order valence-electron chi connectivity index (χ3n) is 3.92. The molecule has 114 valence electrons. The number of hydrogen-bond acceptors (Lipinski definition) is 2. The van der Waals surface area contributed by atoms with Gasteiger partial charge in [0.05, 0.1) is 7.11 Å². The maximum atomic E-state index is 5.50. The fourth-order valence-corrected chi connectivity index (χ4v) is 3.32. The van der Waals surface area contributed by atoms with Crippen molar-refractivity contribution in [2.45, 2.75) is 51.9 Å². The summed E-state index contributed by atoms with van der Waals surface area (Å²) >= 11 is 1.73. The molecule has 1 nitrogen and oxygen atoms in total. The van der Waals surface area contributed by atoms with E-state index in [4.69, 9.17) is 4.74 Å². The van der Waals surface area contributed by atoms with Crippen LogP contribution >= 0.6 is 11.3 Å². The predicted molar refractivity (Wildman–Crippen MR) is 93.4 cm³/mol. The first kappa shape index (κ1) is 16.1. The van der Waals surface area contributed by atoms with E-state index in [1.165, 1.54) is 61.6 Å². The number of ether oxygens (including phenoxy) is 1. The summed E-state index contributed by atoms with van der Waals surface area (Å²) < 4.78 is 5.50. The number of aryl methyl sites for hydroxylation is 1. The SMILES string of the molecule is CCCCCCCCc1ccc(OC)c(-c2ccsc2)c1. The molecule has 0 fully saturated rings. The molecule has 0 unspecified atom stereocenters. The van der Waals surface area contributed by atoms with Crippen LogP contribution in [-0.4, -0.2) is 7.11 Å². The van der Waals surface area contributed by atoms with Crippen LogP contribution < -0.4 is 4.74 Å². The molecule has 1 heterocycles. The highest BCUT2D eigenvalue weighted by molar-refractivity contribution is 7.08. The summed E-state index contributed by atoms with van der Waals surface area (Å²) in [6.45, 7) is 2.27. The molecule has 0 saturated carbocycles. The lowest BCUT2D eigenvalue weighted by Gasteiger charge is -2.10. The van der Waals surface area contributed by atoms with Crippen LogP contribution in [0.2, 0.25) is 0 Å². The topological polar surface area (TPSA) is 9.23 Å². The Bertz CT molecular complexity index is 516. The van der Waals surface area contributed by atoms with Crippen LogP contribution in [0.15, 0.2) is 35.0 Å². The lowest BCUT2D eigenvalue weighted by molar-refractivity contribution is 0.416. The van der Waals surface area contributed by atoms with Crippen molar-refractivity contribution in [2.24, 2.45) is 0 Å². The van der Waals surface area contributed by atoms with Gasteiger partial charge in [0, 0.05) is 5.56 Å². The van der Waals surface area contributed by atoms with E-state index in [0.717, 1.165) is 5.75 Å². The molecule has 0 bridgehead atoms. The van der Waals surface area contributed by atoms with Crippen molar-refractivity contribution >= 4 is 11.3 Å². The second-order valence-corrected chi connectivity index (χ2v) is 6.34. The van der Waals surface area contributed by atoms with Gasteiger partial charge < -0.3 is 4.74 Å². The molecule has 0 amide bonds. The fraction of sp³-hybridized carbons (Fsp3) is 0.474. The summed E-state index contributed by atoms with van der Waals surface area (Å²) in [4.78, 5) is 0. The summed E-state index contributed by atoms with van der Waals surface area (Å²) in [5.41, 5.74) is 3.91. The summed E-state index contributed by atoms with van der Waals surface area (Å²) in [7, 11) is 1.75. The van der Waals surface area contributed by atoms with Crippen LogP contribution in [0.25, 0.3) is 11.1 Å². The van der Waals surface area contributed by atoms with Gasteiger partial charge in [0.1, 0.15) is 5.75 Å². The quantitative estimate of drug-likeness (QED) is 0.492. The highest BCUT2D eigenvalue weighted by Crippen LogP contribution is 2.32. The van der Waals surface area contributed by atoms with E-state index >= 15 is 0 Å². The zero-order valence-corrected chi connectivity index (χ0v) is 14.0. The molecule has 0 saturated heterocycles. The van der Waals surface area contributed by atoms with Gasteiger partial charge in [0.15, 0.2) is 0 Å². The van der Waals surface area contributed by atoms with Gasteiger partial charge in [-0.15, -0.1) is 0 Å². The molecular weight excluding hydrogens is 276 g/mol. The van der Waals surface area contributed by atoms with E-state index in [2.05, 4.69) is 41.9 Å². The van der Waals surface area contributed by atoms with E-state index in [1.54, 1.807) is 18.4 Å². The van der Waals surface area contributed by atoms with Gasteiger partial charge in [-0.05, 0) is 52.9 Å². The second kappa shape index (κ2) is 8.89. The van der Waals surface area contributed by atoms with Crippen LogP contribution in [-0.2, 0) is 6.42 Å². The summed E-state index contributed by atoms with van der Waals surface area (Å²) in [6.07, 6.45) is 9.28. The van der Waals surface area contributed by atoms with Crippen molar-refractivity contribution in [3.63, 3.8) is 0 Å². The zero-order chi connectivity index (χ0) is 14.9. The number of benzene rings is 1. The minimum Gasteiger partial charge on any atom is -0.496 e. The highest BCUT2D eigenvalue weighted by Gasteiger charge is 2.07. The van der Waals surface area contributed by atoms with Crippen molar-refractivity contribution in [3.8, 4) is 16.9 Å². The summed E-state index contributed by atoms with van der Waals surface area (Å²) in [5, 5.41) is 4.31. The summed E-state index contributed by atoms with van der Waals surface area (Å²) in [5.74, 6) is 0.972. The van der Waals surface area contributed by atoms with E-state index < -0.39 is 0 Å². The molecule has 0 aliphatic carbocycles. The minimum absolute atomic E-state index is 0.972. The maximum Gasteiger partial charge on any atom is 0.126 e. The van der Waals surface area contributed by atoms with E-state index in [-0.39, 0.29) is 0 Å². The highest BCUT2D eigenvalue weighted by atomic mass is 32.1. The minimum atomic E-state index is 0.972. The van der Waals surface area contributed by atoms with Gasteiger partial charge in [-0.25, -0.2) is 0 Å². The Morgan fingerprint density at radius 2 is 1.81 bits per heavy atom. The Kier molecular flexibility index (Phi) is 6.81. The van der Waals surface area contributed by atoms with Gasteiger partial charge in [-0.2, -0.15) is 11.3 Å². The Morgan fingerprint density at radius 1 is 1.00 bits per heavy atom. The molecule has 2 heteroatoms. The number of rotatable bonds is 9. The molecule has 21 heavy (non-hydrogen) atoms. The predicted octanol–water partition coefficient (Wildman–Crippen LogP) is 6.33. The molecule has 2 rings (SSSR count). The molecular formula is C19H26OS. The molecule has 0 atom stereocenters. The van der Waals surface area contributed by atoms with Gasteiger partial charge in [-0.3, -0.25) is 0 Å². The smallest absolute Gasteiger partial charge is 0.126 e. The first-order valence-corrected chi connectivity index (χ1v) is 8.99. The van der Waals surface area contributed by atoms with Gasteiger partial charge in [-0.1, -0.05) is 45.1 Å². The molecule has 2 aromatic rings. The van der Waals surface area contributed by atoms with E-state index in [9.17, 15) is 0 Å². The molecule has 1 aromatic heterocycles. The Labute approximate surface area is 133 Å². The molecule has 0 spiro atoms. The third-order valence-corrected chi connectivity index (χ3v) is 4.60. The molecule has 0 N–H and O–H groups in total. The van der Waals surface area contributed by atoms with Crippen LogP contribution in [0.1, 0.15) is 51.0 Å². The normalized spacial score (nSPS) is 10.8. The molecule has 1 aromatic carbocycles. The third kappa shape index (κ3) is 4.89. The number of hydrogen-bond donors (Lipinski definition) is 0. The Hall–Kier alpha value is -1.28. The van der Waals surface area contributed by atoms with Crippen LogP contribution in [0.3, 0.4) is 0 Å². The first-order chi connectivity index (χ1) is 10.3. The number of unbranched alkanes of at least 4 members (excludes halogenated alkanes) is 5. The van der Waals surface area contributed by atoms with Crippen molar-refractivity contribution in [3.05, 3.63) is 40.6 Å². The Morgan fingerprint density at radius 3 is 2.52 bits per heavy atom. The molecule has 0 aliphatic rings. The number of thiophene rings is 1. The van der Waals surface area contributed by atoms with Crippen LogP contribution in [0.4, 0.5) is 0 Å². The zero-order valence-electron chi connectivity index (χ0n) is 13.2. The average molecular weight is 302 g/mol. The maximum absolute atomic E-state index is 5.50. The average Bonchev–Trinajstić information content (AvgIpc) is 3.05. The van der Waals surface area contributed by atoms with Crippen molar-refractivity contribution in [1.82, 2.24) is 0 Å². The second-order valence-electron chi connectivity index (χ2n) is 5.56. The number of methoxy groups -OCH3 is 1. The van der Waals surface area contributed by atoms with Crippen LogP contribution in [0.5, 0.6) is 5.75 Å². The fourth-order valence-electron chi connectivity index (χ4n) is 2.66. The largest absolute Gasteiger partial charge is 0.496 e. The summed E-state index contributed by atoms with van der Waals surface area (Å²) in [6, 6.07) is 8.78. The van der Waals surface area contributed by atoms with Gasteiger partial charge >= 0.3 is 0 Å². The van der Waals surface area contributed by atoms with Gasteiger partial charge in [0.25, 0.3) is 0 Å². The van der Waals surface area contributed by atoms with E-state index in [0.29, 0.717) is 0 Å². The van der Waals surface area contributed by atoms with Crippen molar-refractivity contribution < 1.29 is 4.74 Å². The van der Waals surface area contributed by atoms with Crippen molar-refractivity contribution in [2.75, 3.05) is 7.11 Å². The lowest BCUT2D eigenvalue weighted by atomic mass is 10.00.